The number of rotatable bonds is 4. The number of aromatic nitrogens is 1. The minimum atomic E-state index is 0.642. The van der Waals surface area contributed by atoms with E-state index in [2.05, 4.69) is 45.8 Å². The van der Waals surface area contributed by atoms with E-state index in [0.29, 0.717) is 17.0 Å². The van der Waals surface area contributed by atoms with E-state index >= 15 is 0 Å². The number of nitrogens with zero attached hydrogens (tertiary/aromatic N) is 3. The van der Waals surface area contributed by atoms with Crippen LogP contribution in [-0.2, 0) is 6.54 Å². The Balaban J connectivity index is 1.94. The second-order valence-corrected chi connectivity index (χ2v) is 7.05. The van der Waals surface area contributed by atoms with Gasteiger partial charge in [0, 0.05) is 49.9 Å². The number of thioether (sulfide) groups is 1. The van der Waals surface area contributed by atoms with E-state index in [1.165, 1.54) is 0 Å². The van der Waals surface area contributed by atoms with Crippen LogP contribution in [0, 0.1) is 5.92 Å². The molecule has 2 rings (SSSR count). The third-order valence-corrected chi connectivity index (χ3v) is 5.35. The number of methoxy groups -OCH3 is 1. The van der Waals surface area contributed by atoms with Crippen molar-refractivity contribution in [3.8, 4) is 5.88 Å². The van der Waals surface area contributed by atoms with Gasteiger partial charge in [0.15, 0.2) is 5.96 Å². The Kier molecular flexibility index (Phi) is 6.36. The van der Waals surface area contributed by atoms with Gasteiger partial charge in [-0.15, -0.1) is 0 Å². The Labute approximate surface area is 137 Å². The van der Waals surface area contributed by atoms with E-state index in [1.54, 1.807) is 13.3 Å². The van der Waals surface area contributed by atoms with E-state index < -0.39 is 0 Å². The number of ether oxygens (including phenoxy) is 1. The third kappa shape index (κ3) is 4.53. The molecule has 1 aliphatic heterocycles. The molecule has 2 heterocycles. The van der Waals surface area contributed by atoms with Crippen molar-refractivity contribution in [3.63, 3.8) is 0 Å². The van der Waals surface area contributed by atoms with E-state index in [4.69, 9.17) is 4.74 Å². The molecular formula is C16H26N4OS. The van der Waals surface area contributed by atoms with Crippen molar-refractivity contribution in [3.05, 3.63) is 23.9 Å². The summed E-state index contributed by atoms with van der Waals surface area (Å²) in [7, 11) is 3.48. The second kappa shape index (κ2) is 8.27. The number of nitrogens with one attached hydrogen (secondary N) is 1. The molecule has 5 nitrogen and oxygen atoms in total. The van der Waals surface area contributed by atoms with Crippen molar-refractivity contribution < 1.29 is 4.74 Å². The Morgan fingerprint density at radius 3 is 3.09 bits per heavy atom. The summed E-state index contributed by atoms with van der Waals surface area (Å²) in [5.41, 5.74) is 1.14. The summed E-state index contributed by atoms with van der Waals surface area (Å²) in [5.74, 6) is 3.47. The van der Waals surface area contributed by atoms with Crippen LogP contribution in [0.1, 0.15) is 19.4 Å². The van der Waals surface area contributed by atoms with Crippen molar-refractivity contribution in [2.75, 3.05) is 33.0 Å². The number of aliphatic imine (C=N–C) groups is 1. The summed E-state index contributed by atoms with van der Waals surface area (Å²) >= 11 is 2.07. The minimum Gasteiger partial charge on any atom is -0.481 e. The minimum absolute atomic E-state index is 0.642. The zero-order valence-electron chi connectivity index (χ0n) is 13.9. The molecule has 0 saturated carbocycles. The molecule has 122 valence electrons. The number of hydrogen-bond acceptors (Lipinski definition) is 4. The predicted molar refractivity (Wildman–Crippen MR) is 93.6 cm³/mol. The van der Waals surface area contributed by atoms with Crippen LogP contribution < -0.4 is 10.1 Å². The molecule has 6 heteroatoms. The van der Waals surface area contributed by atoms with E-state index in [0.717, 1.165) is 36.9 Å². The molecule has 1 saturated heterocycles. The smallest absolute Gasteiger partial charge is 0.213 e. The van der Waals surface area contributed by atoms with Gasteiger partial charge in [-0.25, -0.2) is 4.98 Å². The van der Waals surface area contributed by atoms with E-state index in [9.17, 15) is 0 Å². The molecule has 1 fully saturated rings. The fourth-order valence-electron chi connectivity index (χ4n) is 2.46. The standard InChI is InChI=1S/C16H26N4OS/c1-12(2)14-11-20(7-8-22-14)16(17-3)19-10-13-5-6-18-15(9-13)21-4/h5-6,9,12,14H,7-8,10-11H2,1-4H3,(H,17,19). The molecule has 0 aliphatic carbocycles. The molecule has 0 amide bonds. The summed E-state index contributed by atoms with van der Waals surface area (Å²) in [6.07, 6.45) is 1.77. The lowest BCUT2D eigenvalue weighted by molar-refractivity contribution is 0.380. The number of guanidine groups is 1. The SMILES string of the molecule is CN=C(NCc1ccnc(OC)c1)N1CCSC(C(C)C)C1. The zero-order chi connectivity index (χ0) is 15.9. The highest BCUT2D eigenvalue weighted by Crippen LogP contribution is 2.24. The predicted octanol–water partition coefficient (Wildman–Crippen LogP) is 2.24. The van der Waals surface area contributed by atoms with Crippen molar-refractivity contribution in [1.29, 1.82) is 0 Å². The van der Waals surface area contributed by atoms with E-state index in [1.807, 2.05) is 19.2 Å². The maximum absolute atomic E-state index is 5.16. The van der Waals surface area contributed by atoms with Gasteiger partial charge < -0.3 is 15.0 Å². The Hall–Kier alpha value is -1.43. The lowest BCUT2D eigenvalue weighted by atomic mass is 10.1. The van der Waals surface area contributed by atoms with Gasteiger partial charge in [0.05, 0.1) is 7.11 Å². The molecule has 1 N–H and O–H groups in total. The molecular weight excluding hydrogens is 296 g/mol. The van der Waals surface area contributed by atoms with Gasteiger partial charge in [-0.1, -0.05) is 13.8 Å². The lowest BCUT2D eigenvalue weighted by Gasteiger charge is -2.36. The molecule has 0 spiro atoms. The van der Waals surface area contributed by atoms with Gasteiger partial charge in [0.25, 0.3) is 0 Å². The molecule has 1 atom stereocenters. The van der Waals surface area contributed by atoms with Crippen LogP contribution in [0.25, 0.3) is 0 Å². The van der Waals surface area contributed by atoms with Crippen LogP contribution in [0.2, 0.25) is 0 Å². The van der Waals surface area contributed by atoms with E-state index in [-0.39, 0.29) is 0 Å². The number of hydrogen-bond donors (Lipinski definition) is 1. The highest BCUT2D eigenvalue weighted by atomic mass is 32.2. The molecule has 0 radical (unpaired) electrons. The lowest BCUT2D eigenvalue weighted by Crippen LogP contribution is -2.48. The molecule has 0 bridgehead atoms. The molecule has 1 aliphatic rings. The quantitative estimate of drug-likeness (QED) is 0.680. The average molecular weight is 322 g/mol. The average Bonchev–Trinajstić information content (AvgIpc) is 2.56. The largest absolute Gasteiger partial charge is 0.481 e. The van der Waals surface area contributed by atoms with Crippen molar-refractivity contribution in [2.24, 2.45) is 10.9 Å². The topological polar surface area (TPSA) is 49.8 Å². The Bertz CT molecular complexity index is 507. The summed E-state index contributed by atoms with van der Waals surface area (Å²) in [6, 6.07) is 3.94. The summed E-state index contributed by atoms with van der Waals surface area (Å²) in [6.45, 7) is 7.41. The van der Waals surface area contributed by atoms with Gasteiger partial charge in [0.2, 0.25) is 5.88 Å². The first-order chi connectivity index (χ1) is 10.6. The van der Waals surface area contributed by atoms with Crippen molar-refractivity contribution >= 4 is 17.7 Å². The first kappa shape index (κ1) is 16.9. The monoisotopic (exact) mass is 322 g/mol. The van der Waals surface area contributed by atoms with Crippen LogP contribution in [-0.4, -0.2) is 54.1 Å². The van der Waals surface area contributed by atoms with Gasteiger partial charge in [-0.3, -0.25) is 4.99 Å². The maximum Gasteiger partial charge on any atom is 0.213 e. The van der Waals surface area contributed by atoms with Gasteiger partial charge in [0.1, 0.15) is 0 Å². The highest BCUT2D eigenvalue weighted by molar-refractivity contribution is 8.00. The van der Waals surface area contributed by atoms with Gasteiger partial charge in [-0.2, -0.15) is 11.8 Å². The van der Waals surface area contributed by atoms with Crippen LogP contribution in [0.5, 0.6) is 5.88 Å². The van der Waals surface area contributed by atoms with Crippen LogP contribution in [0.15, 0.2) is 23.3 Å². The zero-order valence-corrected chi connectivity index (χ0v) is 14.7. The first-order valence-electron chi connectivity index (χ1n) is 7.70. The summed E-state index contributed by atoms with van der Waals surface area (Å²) in [5, 5.41) is 4.12. The van der Waals surface area contributed by atoms with Crippen molar-refractivity contribution in [2.45, 2.75) is 25.6 Å². The Morgan fingerprint density at radius 1 is 1.59 bits per heavy atom. The van der Waals surface area contributed by atoms with Gasteiger partial charge in [-0.05, 0) is 17.5 Å². The van der Waals surface area contributed by atoms with Crippen LogP contribution >= 0.6 is 11.8 Å². The molecule has 1 aromatic heterocycles. The highest BCUT2D eigenvalue weighted by Gasteiger charge is 2.24. The van der Waals surface area contributed by atoms with Crippen LogP contribution in [0.4, 0.5) is 0 Å². The fraction of sp³-hybridized carbons (Fsp3) is 0.625. The Morgan fingerprint density at radius 2 is 2.41 bits per heavy atom. The fourth-order valence-corrected chi connectivity index (χ4v) is 3.76. The van der Waals surface area contributed by atoms with Crippen molar-refractivity contribution in [1.82, 2.24) is 15.2 Å². The number of pyridine rings is 1. The first-order valence-corrected chi connectivity index (χ1v) is 8.75. The van der Waals surface area contributed by atoms with Gasteiger partial charge >= 0.3 is 0 Å². The van der Waals surface area contributed by atoms with Crippen LogP contribution in [0.3, 0.4) is 0 Å². The molecule has 22 heavy (non-hydrogen) atoms. The molecule has 0 aromatic carbocycles. The summed E-state index contributed by atoms with van der Waals surface area (Å²) < 4.78 is 5.16. The molecule has 1 unspecified atom stereocenters. The second-order valence-electron chi connectivity index (χ2n) is 5.71. The molecule has 1 aromatic rings. The third-order valence-electron chi connectivity index (χ3n) is 3.81. The maximum atomic E-state index is 5.16. The normalized spacial score (nSPS) is 19.4. The summed E-state index contributed by atoms with van der Waals surface area (Å²) in [4.78, 5) is 10.9.